The highest BCUT2D eigenvalue weighted by Gasteiger charge is 2.22. The number of aromatic nitrogens is 2. The van der Waals surface area contributed by atoms with Crippen LogP contribution in [0.2, 0.25) is 0 Å². The van der Waals surface area contributed by atoms with Crippen molar-refractivity contribution >= 4 is 23.2 Å². The monoisotopic (exact) mass is 496 g/mol. The van der Waals surface area contributed by atoms with Crippen LogP contribution in [0.25, 0.3) is 0 Å². The summed E-state index contributed by atoms with van der Waals surface area (Å²) in [6.07, 6.45) is 2.18. The zero-order chi connectivity index (χ0) is 24.9. The van der Waals surface area contributed by atoms with Crippen molar-refractivity contribution in [3.63, 3.8) is 0 Å². The molecular weight excluding hydrogens is 460 g/mol. The van der Waals surface area contributed by atoms with Gasteiger partial charge in [-0.3, -0.25) is 9.69 Å². The lowest BCUT2D eigenvalue weighted by atomic mass is 9.97. The first-order valence-corrected chi connectivity index (χ1v) is 12.9. The van der Waals surface area contributed by atoms with Gasteiger partial charge in [-0.25, -0.2) is 4.98 Å². The second-order valence-electron chi connectivity index (χ2n) is 9.59. The molecule has 36 heavy (non-hydrogen) atoms. The fourth-order valence-corrected chi connectivity index (χ4v) is 4.78. The fourth-order valence-electron chi connectivity index (χ4n) is 4.78. The Hall–Kier alpha value is -2.95. The number of rotatable bonds is 7. The third-order valence-corrected chi connectivity index (χ3v) is 7.19. The molecule has 1 atom stereocenters. The summed E-state index contributed by atoms with van der Waals surface area (Å²) in [5.74, 6) is 0.617. The van der Waals surface area contributed by atoms with Crippen LogP contribution in [0.1, 0.15) is 29.4 Å². The summed E-state index contributed by atoms with van der Waals surface area (Å²) in [5.41, 5.74) is 3.50. The van der Waals surface area contributed by atoms with Crippen LogP contribution in [0.15, 0.2) is 24.3 Å². The molecule has 0 saturated carbocycles. The largest absolute Gasteiger partial charge is 0.476 e. The summed E-state index contributed by atoms with van der Waals surface area (Å²) < 4.78 is 16.9. The van der Waals surface area contributed by atoms with Gasteiger partial charge >= 0.3 is 0 Å². The van der Waals surface area contributed by atoms with Gasteiger partial charge in [0.15, 0.2) is 0 Å². The van der Waals surface area contributed by atoms with Crippen LogP contribution in [0.3, 0.4) is 0 Å². The van der Waals surface area contributed by atoms with E-state index in [2.05, 4.69) is 45.1 Å². The molecule has 1 N–H and O–H groups in total. The molecular formula is C26H36N6O4. The third-order valence-electron chi connectivity index (χ3n) is 7.19. The predicted molar refractivity (Wildman–Crippen MR) is 138 cm³/mol. The second-order valence-corrected chi connectivity index (χ2v) is 9.59. The van der Waals surface area contributed by atoms with E-state index in [1.165, 1.54) is 5.56 Å². The minimum atomic E-state index is -0.281. The van der Waals surface area contributed by atoms with Crippen molar-refractivity contribution in [1.82, 2.24) is 14.9 Å². The summed E-state index contributed by atoms with van der Waals surface area (Å²) in [6, 6.07) is 8.22. The van der Waals surface area contributed by atoms with Gasteiger partial charge in [0.1, 0.15) is 12.3 Å². The lowest BCUT2D eigenvalue weighted by Gasteiger charge is -2.34. The van der Waals surface area contributed by atoms with E-state index in [4.69, 9.17) is 14.2 Å². The molecule has 10 nitrogen and oxygen atoms in total. The number of hydrogen-bond donors (Lipinski definition) is 1. The van der Waals surface area contributed by atoms with E-state index in [9.17, 15) is 4.79 Å². The Morgan fingerprint density at radius 2 is 1.83 bits per heavy atom. The van der Waals surface area contributed by atoms with Crippen molar-refractivity contribution in [2.45, 2.75) is 25.8 Å². The topological polar surface area (TPSA) is 92.3 Å². The van der Waals surface area contributed by atoms with Crippen LogP contribution in [-0.4, -0.2) is 99.6 Å². The van der Waals surface area contributed by atoms with Crippen LogP contribution in [0, 0.1) is 0 Å². The summed E-state index contributed by atoms with van der Waals surface area (Å²) in [6.45, 7) is 9.33. The van der Waals surface area contributed by atoms with Crippen molar-refractivity contribution in [3.05, 3.63) is 35.5 Å². The highest BCUT2D eigenvalue weighted by molar-refractivity contribution is 6.03. The molecule has 5 rings (SSSR count). The number of aryl methyl sites for hydroxylation is 1. The first-order chi connectivity index (χ1) is 17.6. The maximum Gasteiger partial charge on any atom is 0.274 e. The average molecular weight is 497 g/mol. The molecule has 3 aliphatic rings. The number of hydrogen-bond acceptors (Lipinski definition) is 9. The minimum Gasteiger partial charge on any atom is -0.476 e. The number of carbonyl (C=O) groups is 1. The quantitative estimate of drug-likeness (QED) is 0.618. The van der Waals surface area contributed by atoms with Crippen molar-refractivity contribution < 1.29 is 19.0 Å². The molecule has 10 heteroatoms. The van der Waals surface area contributed by atoms with Crippen molar-refractivity contribution in [3.8, 4) is 5.88 Å². The first kappa shape index (κ1) is 24.7. The molecule has 1 unspecified atom stereocenters. The van der Waals surface area contributed by atoms with Gasteiger partial charge < -0.3 is 29.3 Å². The Labute approximate surface area is 212 Å². The number of morpholine rings is 2. The molecule has 0 bridgehead atoms. The van der Waals surface area contributed by atoms with Crippen LogP contribution in [0.5, 0.6) is 5.88 Å². The number of nitrogens with one attached hydrogen (secondary N) is 1. The molecule has 0 spiro atoms. The fraction of sp³-hybridized carbons (Fsp3) is 0.577. The van der Waals surface area contributed by atoms with E-state index in [-0.39, 0.29) is 11.6 Å². The maximum absolute atomic E-state index is 13.3. The Bertz CT molecular complexity index is 1050. The molecule has 1 aromatic carbocycles. The normalized spacial score (nSPS) is 20.7. The molecule has 2 saturated heterocycles. The number of nitrogens with zero attached hydrogens (tertiary/aromatic N) is 5. The van der Waals surface area contributed by atoms with E-state index >= 15 is 0 Å². The van der Waals surface area contributed by atoms with Gasteiger partial charge in [-0.2, -0.15) is 4.98 Å². The van der Waals surface area contributed by atoms with Gasteiger partial charge in [-0.15, -0.1) is 0 Å². The Morgan fingerprint density at radius 1 is 1.08 bits per heavy atom. The van der Waals surface area contributed by atoms with Crippen LogP contribution >= 0.6 is 0 Å². The maximum atomic E-state index is 13.3. The van der Waals surface area contributed by atoms with Crippen LogP contribution in [-0.2, 0) is 15.9 Å². The SMILES string of the molecule is CC1CCc2ccc(NC(=O)c3cc(OCCN4CCOCC4)nc(N4CCOCC4)n3)cc2N1C. The van der Waals surface area contributed by atoms with Crippen molar-refractivity contribution in [1.29, 1.82) is 0 Å². The molecule has 2 aromatic rings. The highest BCUT2D eigenvalue weighted by Crippen LogP contribution is 2.32. The summed E-state index contributed by atoms with van der Waals surface area (Å²) >= 11 is 0. The van der Waals surface area contributed by atoms with E-state index in [1.54, 1.807) is 6.07 Å². The van der Waals surface area contributed by atoms with Crippen LogP contribution < -0.4 is 19.9 Å². The average Bonchev–Trinajstić information content (AvgIpc) is 2.92. The van der Waals surface area contributed by atoms with Gasteiger partial charge in [0.25, 0.3) is 5.91 Å². The standard InChI is InChI=1S/C26H36N6O4/c1-19-3-4-20-5-6-21(17-23(20)30(19)2)27-25(33)22-18-24(36-16-9-31-7-12-34-13-8-31)29-26(28-22)32-10-14-35-15-11-32/h5-6,17-19H,3-4,7-16H2,1-2H3,(H,27,33). The molecule has 2 fully saturated rings. The van der Waals surface area contributed by atoms with Crippen molar-refractivity contribution in [2.75, 3.05) is 87.9 Å². The summed E-state index contributed by atoms with van der Waals surface area (Å²) in [7, 11) is 2.10. The summed E-state index contributed by atoms with van der Waals surface area (Å²) in [5, 5.41) is 3.03. The van der Waals surface area contributed by atoms with Crippen molar-refractivity contribution in [2.24, 2.45) is 0 Å². The van der Waals surface area contributed by atoms with E-state index < -0.39 is 0 Å². The molecule has 3 aliphatic heterocycles. The Kier molecular flexibility index (Phi) is 7.84. The Morgan fingerprint density at radius 3 is 2.61 bits per heavy atom. The zero-order valence-corrected chi connectivity index (χ0v) is 21.2. The molecule has 0 radical (unpaired) electrons. The van der Waals surface area contributed by atoms with Gasteiger partial charge in [0, 0.05) is 63.3 Å². The summed E-state index contributed by atoms with van der Waals surface area (Å²) in [4.78, 5) is 29.1. The lowest BCUT2D eigenvalue weighted by Crippen LogP contribution is -2.39. The smallest absolute Gasteiger partial charge is 0.274 e. The third kappa shape index (κ3) is 5.88. The van der Waals surface area contributed by atoms with E-state index in [0.717, 1.165) is 57.1 Å². The second kappa shape index (κ2) is 11.4. The van der Waals surface area contributed by atoms with Gasteiger partial charge in [-0.1, -0.05) is 6.07 Å². The number of fused-ring (bicyclic) bond motifs is 1. The van der Waals surface area contributed by atoms with E-state index in [0.29, 0.717) is 50.8 Å². The molecule has 0 aliphatic carbocycles. The first-order valence-electron chi connectivity index (χ1n) is 12.9. The molecule has 4 heterocycles. The van der Waals surface area contributed by atoms with Gasteiger partial charge in [-0.05, 0) is 37.5 Å². The predicted octanol–water partition coefficient (Wildman–Crippen LogP) is 2.05. The number of amides is 1. The van der Waals surface area contributed by atoms with Crippen LogP contribution in [0.4, 0.5) is 17.3 Å². The lowest BCUT2D eigenvalue weighted by molar-refractivity contribution is 0.0320. The molecule has 194 valence electrons. The number of benzene rings is 1. The van der Waals surface area contributed by atoms with Gasteiger partial charge in [0.05, 0.1) is 26.4 Å². The number of carbonyl (C=O) groups excluding carboxylic acids is 1. The number of anilines is 3. The molecule has 1 amide bonds. The highest BCUT2D eigenvalue weighted by atomic mass is 16.5. The Balaban J connectivity index is 1.32. The van der Waals surface area contributed by atoms with Gasteiger partial charge in [0.2, 0.25) is 11.8 Å². The minimum absolute atomic E-state index is 0.281. The molecule has 1 aromatic heterocycles. The van der Waals surface area contributed by atoms with E-state index in [1.807, 2.05) is 17.0 Å². The zero-order valence-electron chi connectivity index (χ0n) is 21.2. The number of ether oxygens (including phenoxy) is 3.